The molecule has 4 nitrogen and oxygen atoms in total. The smallest absolute Gasteiger partial charge is 0.339 e. The van der Waals surface area contributed by atoms with Gasteiger partial charge in [-0.15, -0.1) is 23.1 Å². The summed E-state index contributed by atoms with van der Waals surface area (Å²) in [7, 11) is 0. The molecule has 0 aliphatic carbocycles. The number of carbonyl (C=O) groups excluding carboxylic acids is 2. The van der Waals surface area contributed by atoms with Gasteiger partial charge in [-0.05, 0) is 35.4 Å². The summed E-state index contributed by atoms with van der Waals surface area (Å²) in [5.74, 6) is -0.838. The van der Waals surface area contributed by atoms with Crippen molar-refractivity contribution in [1.82, 2.24) is 5.32 Å². The number of amides is 1. The van der Waals surface area contributed by atoms with Gasteiger partial charge in [-0.25, -0.2) is 4.79 Å². The molecule has 3 aromatic rings. The van der Waals surface area contributed by atoms with Crippen LogP contribution in [0.15, 0.2) is 77.0 Å². The Labute approximate surface area is 166 Å². The minimum Gasteiger partial charge on any atom is -0.452 e. The van der Waals surface area contributed by atoms with Crippen LogP contribution >= 0.6 is 23.1 Å². The van der Waals surface area contributed by atoms with E-state index in [0.717, 1.165) is 15.3 Å². The molecule has 2 aromatic carbocycles. The van der Waals surface area contributed by atoms with Gasteiger partial charge >= 0.3 is 5.97 Å². The van der Waals surface area contributed by atoms with Crippen LogP contribution in [0.25, 0.3) is 0 Å². The molecule has 138 valence electrons. The number of hydrogen-bond donors (Lipinski definition) is 1. The Morgan fingerprint density at radius 1 is 1.04 bits per heavy atom. The second kappa shape index (κ2) is 9.39. The molecule has 0 saturated heterocycles. The third-order valence-electron chi connectivity index (χ3n) is 3.93. The van der Waals surface area contributed by atoms with Gasteiger partial charge in [0.25, 0.3) is 5.91 Å². The summed E-state index contributed by atoms with van der Waals surface area (Å²) in [6.07, 6.45) is 1.89. The summed E-state index contributed by atoms with van der Waals surface area (Å²) in [4.78, 5) is 26.6. The molecule has 0 radical (unpaired) electrons. The molecule has 1 aromatic heterocycles. The molecular weight excluding hydrogens is 378 g/mol. The molecule has 0 bridgehead atoms. The SMILES string of the molecule is CSc1ccccc1C(=O)OCC(=O)N[C@@H](c1ccccc1)c1cccs1. The first kappa shape index (κ1) is 19.2. The predicted molar refractivity (Wildman–Crippen MR) is 109 cm³/mol. The van der Waals surface area contributed by atoms with Crippen LogP contribution in [-0.4, -0.2) is 24.7 Å². The van der Waals surface area contributed by atoms with Gasteiger partial charge in [0.05, 0.1) is 11.6 Å². The van der Waals surface area contributed by atoms with Crippen LogP contribution in [0.3, 0.4) is 0 Å². The number of thiophene rings is 1. The van der Waals surface area contributed by atoms with E-state index in [1.165, 1.54) is 11.8 Å². The van der Waals surface area contributed by atoms with E-state index >= 15 is 0 Å². The van der Waals surface area contributed by atoms with E-state index in [0.29, 0.717) is 5.56 Å². The molecule has 3 rings (SSSR count). The maximum Gasteiger partial charge on any atom is 0.339 e. The lowest BCUT2D eigenvalue weighted by atomic mass is 10.1. The maximum absolute atomic E-state index is 12.4. The van der Waals surface area contributed by atoms with Gasteiger partial charge in [-0.3, -0.25) is 4.79 Å². The molecule has 0 unspecified atom stereocenters. The fraction of sp³-hybridized carbons (Fsp3) is 0.143. The molecule has 1 heterocycles. The zero-order chi connectivity index (χ0) is 19.1. The molecule has 1 atom stereocenters. The third-order valence-corrected chi connectivity index (χ3v) is 5.66. The molecule has 6 heteroatoms. The van der Waals surface area contributed by atoms with Crippen LogP contribution in [0.5, 0.6) is 0 Å². The Bertz CT molecular complexity index is 895. The number of nitrogens with one attached hydrogen (secondary N) is 1. The number of esters is 1. The summed E-state index contributed by atoms with van der Waals surface area (Å²) >= 11 is 3.03. The molecule has 0 saturated carbocycles. The average Bonchev–Trinajstić information content (AvgIpc) is 3.25. The highest BCUT2D eigenvalue weighted by molar-refractivity contribution is 7.98. The highest BCUT2D eigenvalue weighted by Crippen LogP contribution is 2.26. The molecule has 0 aliphatic heterocycles. The quantitative estimate of drug-likeness (QED) is 0.470. The summed E-state index contributed by atoms with van der Waals surface area (Å²) in [6.45, 7) is -0.323. The Hall–Kier alpha value is -2.57. The van der Waals surface area contributed by atoms with E-state index in [1.807, 2.05) is 66.2 Å². The van der Waals surface area contributed by atoms with E-state index in [-0.39, 0.29) is 18.6 Å². The summed E-state index contributed by atoms with van der Waals surface area (Å²) in [5.41, 5.74) is 1.45. The lowest BCUT2D eigenvalue weighted by Crippen LogP contribution is -2.32. The predicted octanol–water partition coefficient (Wildman–Crippen LogP) is 4.53. The second-order valence-corrected chi connectivity index (χ2v) is 7.53. The summed E-state index contributed by atoms with van der Waals surface area (Å²) in [6, 6.07) is 20.6. The number of rotatable bonds is 7. The monoisotopic (exact) mass is 397 g/mol. The Balaban J connectivity index is 1.66. The largest absolute Gasteiger partial charge is 0.452 e. The lowest BCUT2D eigenvalue weighted by molar-refractivity contribution is -0.124. The molecular formula is C21H19NO3S2. The van der Waals surface area contributed by atoms with Gasteiger partial charge in [-0.1, -0.05) is 48.5 Å². The minimum absolute atomic E-state index is 0.268. The summed E-state index contributed by atoms with van der Waals surface area (Å²) < 4.78 is 5.23. The van der Waals surface area contributed by atoms with Crippen molar-refractivity contribution < 1.29 is 14.3 Å². The third kappa shape index (κ3) is 4.99. The summed E-state index contributed by atoms with van der Waals surface area (Å²) in [5, 5.41) is 4.93. The first-order chi connectivity index (χ1) is 13.2. The molecule has 1 N–H and O–H groups in total. The number of benzene rings is 2. The maximum atomic E-state index is 12.4. The first-order valence-electron chi connectivity index (χ1n) is 8.37. The van der Waals surface area contributed by atoms with Crippen molar-refractivity contribution in [2.75, 3.05) is 12.9 Å². The van der Waals surface area contributed by atoms with E-state index in [9.17, 15) is 9.59 Å². The molecule has 0 spiro atoms. The Morgan fingerprint density at radius 3 is 2.48 bits per heavy atom. The molecule has 0 aliphatic rings. The van der Waals surface area contributed by atoms with Crippen molar-refractivity contribution in [2.24, 2.45) is 0 Å². The van der Waals surface area contributed by atoms with Crippen LogP contribution < -0.4 is 5.32 Å². The van der Waals surface area contributed by atoms with Crippen molar-refractivity contribution >= 4 is 35.0 Å². The highest BCUT2D eigenvalue weighted by Gasteiger charge is 2.19. The van der Waals surface area contributed by atoms with Gasteiger partial charge in [0, 0.05) is 9.77 Å². The molecule has 0 fully saturated rings. The average molecular weight is 398 g/mol. The molecule has 27 heavy (non-hydrogen) atoms. The standard InChI is InChI=1S/C21H19NO3S2/c1-26-17-11-6-5-10-16(17)21(24)25-14-19(23)22-20(18-12-7-13-27-18)15-8-3-2-4-9-15/h2-13,20H,14H2,1H3,(H,22,23)/t20-/m0/s1. The van der Waals surface area contributed by atoms with Gasteiger partial charge in [0.15, 0.2) is 6.61 Å². The van der Waals surface area contributed by atoms with Crippen LogP contribution in [0.2, 0.25) is 0 Å². The Morgan fingerprint density at radius 2 is 1.78 bits per heavy atom. The van der Waals surface area contributed by atoms with Crippen LogP contribution in [0.1, 0.15) is 26.8 Å². The van der Waals surface area contributed by atoms with E-state index in [4.69, 9.17) is 4.74 Å². The number of thioether (sulfide) groups is 1. The molecule has 1 amide bonds. The fourth-order valence-electron chi connectivity index (χ4n) is 2.64. The zero-order valence-electron chi connectivity index (χ0n) is 14.8. The van der Waals surface area contributed by atoms with Crippen molar-refractivity contribution in [3.05, 3.63) is 88.1 Å². The topological polar surface area (TPSA) is 55.4 Å². The fourth-order valence-corrected chi connectivity index (χ4v) is 4.03. The van der Waals surface area contributed by atoms with Crippen LogP contribution in [0, 0.1) is 0 Å². The Kier molecular flexibility index (Phi) is 6.68. The number of carbonyl (C=O) groups is 2. The number of hydrogen-bond acceptors (Lipinski definition) is 5. The normalized spacial score (nSPS) is 11.6. The van der Waals surface area contributed by atoms with Crippen molar-refractivity contribution in [1.29, 1.82) is 0 Å². The van der Waals surface area contributed by atoms with Gasteiger partial charge < -0.3 is 10.1 Å². The van der Waals surface area contributed by atoms with Gasteiger partial charge in [0.2, 0.25) is 0 Å². The second-order valence-electron chi connectivity index (χ2n) is 5.70. The zero-order valence-corrected chi connectivity index (χ0v) is 16.4. The first-order valence-corrected chi connectivity index (χ1v) is 10.5. The van der Waals surface area contributed by atoms with Gasteiger partial charge in [-0.2, -0.15) is 0 Å². The van der Waals surface area contributed by atoms with Crippen molar-refractivity contribution in [3.63, 3.8) is 0 Å². The van der Waals surface area contributed by atoms with E-state index in [1.54, 1.807) is 23.5 Å². The van der Waals surface area contributed by atoms with E-state index < -0.39 is 5.97 Å². The lowest BCUT2D eigenvalue weighted by Gasteiger charge is -2.18. The van der Waals surface area contributed by atoms with E-state index in [2.05, 4.69) is 5.32 Å². The van der Waals surface area contributed by atoms with Crippen molar-refractivity contribution in [2.45, 2.75) is 10.9 Å². The van der Waals surface area contributed by atoms with Gasteiger partial charge in [0.1, 0.15) is 0 Å². The van der Waals surface area contributed by atoms with Crippen LogP contribution in [-0.2, 0) is 9.53 Å². The highest BCUT2D eigenvalue weighted by atomic mass is 32.2. The number of ether oxygens (including phenoxy) is 1. The minimum atomic E-state index is -0.498. The van der Waals surface area contributed by atoms with Crippen molar-refractivity contribution in [3.8, 4) is 0 Å². The van der Waals surface area contributed by atoms with Crippen LogP contribution in [0.4, 0.5) is 0 Å².